The lowest BCUT2D eigenvalue weighted by Gasteiger charge is -2.43. The maximum absolute atomic E-state index is 14.4. The summed E-state index contributed by atoms with van der Waals surface area (Å²) in [5, 5.41) is 3.46. The maximum atomic E-state index is 14.4. The number of amides is 3. The summed E-state index contributed by atoms with van der Waals surface area (Å²) in [6, 6.07) is 6.41. The molecule has 0 saturated carbocycles. The normalized spacial score (nSPS) is 15.6. The molecule has 0 radical (unpaired) electrons. The number of carbonyl (C=O) groups excluding carboxylic acids is 2. The van der Waals surface area contributed by atoms with E-state index in [4.69, 9.17) is 37.7 Å². The molecule has 1 aromatic carbocycles. The molecule has 2 aliphatic rings. The predicted molar refractivity (Wildman–Crippen MR) is 170 cm³/mol. The van der Waals surface area contributed by atoms with Gasteiger partial charge in [-0.1, -0.05) is 35.3 Å². The second kappa shape index (κ2) is 13.7. The summed E-state index contributed by atoms with van der Waals surface area (Å²) in [6.07, 6.45) is 7.87. The van der Waals surface area contributed by atoms with Crippen LogP contribution in [0.2, 0.25) is 10.0 Å². The Labute approximate surface area is 266 Å². The molecule has 44 heavy (non-hydrogen) atoms. The molecule has 1 saturated heterocycles. The molecule has 5 rings (SSSR count). The first kappa shape index (κ1) is 31.3. The van der Waals surface area contributed by atoms with E-state index in [0.717, 1.165) is 0 Å². The molecule has 1 N–H and O–H groups in total. The number of nitrogens with one attached hydrogen (secondary N) is 1. The van der Waals surface area contributed by atoms with Gasteiger partial charge in [0.2, 0.25) is 11.9 Å². The molecule has 2 aliphatic heterocycles. The van der Waals surface area contributed by atoms with Gasteiger partial charge < -0.3 is 24.6 Å². The Kier molecular flexibility index (Phi) is 9.72. The number of carbonyl (C=O) groups is 2. The predicted octanol–water partition coefficient (Wildman–Crippen LogP) is 4.99. The Morgan fingerprint density at radius 3 is 2.43 bits per heavy atom. The summed E-state index contributed by atoms with van der Waals surface area (Å²) in [6.45, 7) is 1.74. The van der Waals surface area contributed by atoms with Crippen LogP contribution in [0.1, 0.15) is 18.4 Å². The SMILES string of the molecule is COc1cc(OC)c(Cl)c(N2Cc3cnc(Nc4ccccn4)nc3N(C3CCN(C(=O)/C=C/CN(C)C)CC3)C2=O)c1Cl. The van der Waals surface area contributed by atoms with E-state index in [9.17, 15) is 9.59 Å². The molecule has 232 valence electrons. The number of fused-ring (bicyclic) bond motifs is 1. The number of rotatable bonds is 9. The summed E-state index contributed by atoms with van der Waals surface area (Å²) in [5.74, 6) is 1.91. The summed E-state index contributed by atoms with van der Waals surface area (Å²) in [4.78, 5) is 47.8. The van der Waals surface area contributed by atoms with E-state index in [-0.39, 0.29) is 40.3 Å². The van der Waals surface area contributed by atoms with Crippen LogP contribution in [0.3, 0.4) is 0 Å². The van der Waals surface area contributed by atoms with E-state index in [0.29, 0.717) is 67.1 Å². The van der Waals surface area contributed by atoms with E-state index >= 15 is 0 Å². The first-order valence-electron chi connectivity index (χ1n) is 14.1. The first-order valence-corrected chi connectivity index (χ1v) is 14.8. The zero-order valence-electron chi connectivity index (χ0n) is 25.0. The second-order valence-electron chi connectivity index (χ2n) is 10.6. The molecule has 2 aromatic heterocycles. The molecular weight excluding hydrogens is 607 g/mol. The summed E-state index contributed by atoms with van der Waals surface area (Å²) >= 11 is 13.5. The quantitative estimate of drug-likeness (QED) is 0.323. The molecule has 0 bridgehead atoms. The summed E-state index contributed by atoms with van der Waals surface area (Å²) in [7, 11) is 6.85. The van der Waals surface area contributed by atoms with Crippen LogP contribution < -0.4 is 24.6 Å². The Morgan fingerprint density at radius 2 is 1.82 bits per heavy atom. The number of hydrogen-bond acceptors (Lipinski definition) is 9. The molecule has 3 amide bonds. The number of hydrogen-bond donors (Lipinski definition) is 1. The Morgan fingerprint density at radius 1 is 1.11 bits per heavy atom. The van der Waals surface area contributed by atoms with Crippen molar-refractivity contribution in [3.63, 3.8) is 0 Å². The van der Waals surface area contributed by atoms with Gasteiger partial charge >= 0.3 is 6.03 Å². The van der Waals surface area contributed by atoms with E-state index < -0.39 is 0 Å². The van der Waals surface area contributed by atoms with Crippen molar-refractivity contribution in [2.75, 3.05) is 63.1 Å². The van der Waals surface area contributed by atoms with Gasteiger partial charge in [0, 0.05) is 55.8 Å². The van der Waals surface area contributed by atoms with Crippen LogP contribution >= 0.6 is 23.2 Å². The van der Waals surface area contributed by atoms with Gasteiger partial charge in [0.15, 0.2) is 0 Å². The first-order chi connectivity index (χ1) is 21.2. The molecule has 12 nitrogen and oxygen atoms in total. The molecule has 0 unspecified atom stereocenters. The van der Waals surface area contributed by atoms with Crippen LogP contribution in [0, 0.1) is 0 Å². The van der Waals surface area contributed by atoms with Crippen molar-refractivity contribution in [3.05, 3.63) is 64.4 Å². The van der Waals surface area contributed by atoms with Gasteiger partial charge in [-0.05, 0) is 39.1 Å². The average Bonchev–Trinajstić information content (AvgIpc) is 3.02. The minimum Gasteiger partial charge on any atom is -0.495 e. The lowest BCUT2D eigenvalue weighted by molar-refractivity contribution is -0.127. The van der Waals surface area contributed by atoms with Crippen LogP contribution in [-0.2, 0) is 11.3 Å². The number of likely N-dealkylation sites (N-methyl/N-ethyl adjacent to an activating group) is 1. The van der Waals surface area contributed by atoms with Crippen molar-refractivity contribution < 1.29 is 19.1 Å². The van der Waals surface area contributed by atoms with Crippen molar-refractivity contribution in [3.8, 4) is 11.5 Å². The minimum atomic E-state index is -0.366. The standard InChI is InChI=1S/C30H34Cl2N8O4/c1-37(2)13-7-9-24(41)38-14-10-20(11-15-38)40-28-19(17-34-29(36-28)35-23-8-5-6-12-33-23)18-39(30(40)42)27-25(31)21(43-3)16-22(44-4)26(27)32/h5-9,12,16-17,20H,10-11,13-15,18H2,1-4H3,(H,33,34,35,36)/b9-7+. The molecule has 4 heterocycles. The lowest BCUT2D eigenvalue weighted by Crippen LogP contribution is -2.55. The highest BCUT2D eigenvalue weighted by atomic mass is 35.5. The summed E-state index contributed by atoms with van der Waals surface area (Å²) < 4.78 is 10.9. The average molecular weight is 642 g/mol. The van der Waals surface area contributed by atoms with Gasteiger partial charge in [0.05, 0.1) is 26.5 Å². The summed E-state index contributed by atoms with van der Waals surface area (Å²) in [5.41, 5.74) is 0.953. The van der Waals surface area contributed by atoms with Gasteiger partial charge in [-0.25, -0.2) is 14.8 Å². The Bertz CT molecular complexity index is 1520. The monoisotopic (exact) mass is 640 g/mol. The topological polar surface area (TPSA) is 116 Å². The maximum Gasteiger partial charge on any atom is 0.330 e. The zero-order valence-corrected chi connectivity index (χ0v) is 26.5. The fraction of sp³-hybridized carbons (Fsp3) is 0.367. The molecule has 3 aromatic rings. The van der Waals surface area contributed by atoms with Crippen molar-refractivity contribution >= 4 is 58.4 Å². The number of ether oxygens (including phenoxy) is 2. The van der Waals surface area contributed by atoms with Crippen LogP contribution in [0.15, 0.2) is 48.8 Å². The highest BCUT2D eigenvalue weighted by Gasteiger charge is 2.41. The highest BCUT2D eigenvalue weighted by molar-refractivity contribution is 6.42. The van der Waals surface area contributed by atoms with Crippen molar-refractivity contribution in [1.82, 2.24) is 24.8 Å². The van der Waals surface area contributed by atoms with Gasteiger partial charge in [0.25, 0.3) is 0 Å². The third-order valence-electron chi connectivity index (χ3n) is 7.43. The van der Waals surface area contributed by atoms with Crippen LogP contribution in [-0.4, -0.2) is 90.7 Å². The number of piperidine rings is 1. The highest BCUT2D eigenvalue weighted by Crippen LogP contribution is 2.48. The number of nitrogens with zero attached hydrogens (tertiary/aromatic N) is 7. The van der Waals surface area contributed by atoms with Crippen LogP contribution in [0.4, 0.5) is 28.1 Å². The Balaban J connectivity index is 1.50. The van der Waals surface area contributed by atoms with Gasteiger partial charge in [0.1, 0.15) is 33.2 Å². The van der Waals surface area contributed by atoms with Crippen LogP contribution in [0.5, 0.6) is 11.5 Å². The minimum absolute atomic E-state index is 0.0523. The van der Waals surface area contributed by atoms with Gasteiger partial charge in [-0.3, -0.25) is 14.6 Å². The fourth-order valence-corrected chi connectivity index (χ4v) is 5.92. The number of aromatic nitrogens is 3. The van der Waals surface area contributed by atoms with E-state index in [1.807, 2.05) is 37.2 Å². The molecular formula is C30H34Cl2N8O4. The van der Waals surface area contributed by atoms with Gasteiger partial charge in [-0.2, -0.15) is 4.98 Å². The fourth-order valence-electron chi connectivity index (χ4n) is 5.22. The number of likely N-dealkylation sites (tertiary alicyclic amines) is 1. The van der Waals surface area contributed by atoms with Crippen molar-refractivity contribution in [2.24, 2.45) is 0 Å². The zero-order chi connectivity index (χ0) is 31.4. The molecule has 0 aliphatic carbocycles. The number of benzene rings is 1. The van der Waals surface area contributed by atoms with Crippen LogP contribution in [0.25, 0.3) is 0 Å². The molecule has 14 heteroatoms. The number of anilines is 4. The van der Waals surface area contributed by atoms with Crippen molar-refractivity contribution in [1.29, 1.82) is 0 Å². The van der Waals surface area contributed by atoms with E-state index in [2.05, 4.69) is 15.3 Å². The molecule has 0 spiro atoms. The number of halogens is 2. The Hall–Kier alpha value is -4.13. The van der Waals surface area contributed by atoms with Crippen molar-refractivity contribution in [2.45, 2.75) is 25.4 Å². The van der Waals surface area contributed by atoms with E-state index in [1.54, 1.807) is 40.4 Å². The third-order valence-corrected chi connectivity index (χ3v) is 8.16. The number of urea groups is 1. The van der Waals surface area contributed by atoms with E-state index in [1.165, 1.54) is 19.1 Å². The molecule has 0 atom stereocenters. The lowest BCUT2D eigenvalue weighted by atomic mass is 10.0. The largest absolute Gasteiger partial charge is 0.495 e. The second-order valence-corrected chi connectivity index (χ2v) is 11.4. The smallest absolute Gasteiger partial charge is 0.330 e. The third kappa shape index (κ3) is 6.52. The van der Waals surface area contributed by atoms with Gasteiger partial charge in [-0.15, -0.1) is 0 Å². The number of pyridine rings is 1. The molecule has 1 fully saturated rings. The number of methoxy groups -OCH3 is 2.